The smallest absolute Gasteiger partial charge is 0.462 e. The average molecular weight is 1390 g/mol. The van der Waals surface area contributed by atoms with Gasteiger partial charge in [-0.3, -0.25) is 37.3 Å². The molecule has 0 heterocycles. The Balaban J connectivity index is 5.47. The van der Waals surface area contributed by atoms with Crippen LogP contribution in [-0.4, -0.2) is 96.7 Å². The Bertz CT molecular complexity index is 2350. The second-order valence-corrected chi connectivity index (χ2v) is 26.7. The monoisotopic (exact) mass is 1390 g/mol. The molecular formula is C77H128O17P2. The summed E-state index contributed by atoms with van der Waals surface area (Å²) < 4.78 is 68.0. The van der Waals surface area contributed by atoms with Gasteiger partial charge in [0.2, 0.25) is 0 Å². The molecule has 0 aromatic heterocycles. The summed E-state index contributed by atoms with van der Waals surface area (Å²) in [5.41, 5.74) is 0. The van der Waals surface area contributed by atoms with E-state index in [1.54, 1.807) is 18.2 Å². The summed E-state index contributed by atoms with van der Waals surface area (Å²) in [4.78, 5) is 72.5. The van der Waals surface area contributed by atoms with Crippen LogP contribution in [0.15, 0.2) is 134 Å². The molecule has 3 N–H and O–H groups in total. The van der Waals surface area contributed by atoms with E-state index in [0.717, 1.165) is 116 Å². The van der Waals surface area contributed by atoms with E-state index in [4.69, 9.17) is 37.0 Å². The van der Waals surface area contributed by atoms with E-state index in [0.29, 0.717) is 25.7 Å². The van der Waals surface area contributed by atoms with Gasteiger partial charge >= 0.3 is 39.5 Å². The van der Waals surface area contributed by atoms with Gasteiger partial charge in [-0.05, 0) is 103 Å². The fourth-order valence-electron chi connectivity index (χ4n) is 9.19. The molecule has 0 saturated heterocycles. The molecule has 0 rings (SSSR count). The van der Waals surface area contributed by atoms with E-state index in [2.05, 4.69) is 113 Å². The van der Waals surface area contributed by atoms with Crippen molar-refractivity contribution in [2.24, 2.45) is 0 Å². The SMILES string of the molecule is CC/C=C\C/C=C\C/C=C\C/C=C\C/C=C\CC(=O)OCC(COP(=O)(O)OCC(O)COP(=O)(O)OCC(COC(=O)CCCCCCC/C=C\CCCCCCCC)OC(=O)CCCCCCCCCCCCC)OC(=O)C/C=C\C/C=C\C/C=C\C/C=C\C/C=C\CC. The number of aliphatic hydroxyl groups is 1. The largest absolute Gasteiger partial charge is 0.472 e. The molecule has 17 nitrogen and oxygen atoms in total. The van der Waals surface area contributed by atoms with Crippen molar-refractivity contribution in [1.82, 2.24) is 0 Å². The number of phosphoric acid groups is 2. The van der Waals surface area contributed by atoms with Crippen molar-refractivity contribution in [2.75, 3.05) is 39.6 Å². The van der Waals surface area contributed by atoms with E-state index in [9.17, 15) is 43.2 Å². The lowest BCUT2D eigenvalue weighted by atomic mass is 10.1. The predicted molar refractivity (Wildman–Crippen MR) is 390 cm³/mol. The highest BCUT2D eigenvalue weighted by molar-refractivity contribution is 7.47. The van der Waals surface area contributed by atoms with Crippen molar-refractivity contribution in [3.8, 4) is 0 Å². The molecular weight excluding hydrogens is 1260 g/mol. The normalized spacial score (nSPS) is 14.8. The highest BCUT2D eigenvalue weighted by Crippen LogP contribution is 2.45. The van der Waals surface area contributed by atoms with Crippen molar-refractivity contribution in [1.29, 1.82) is 0 Å². The number of hydrogen-bond donors (Lipinski definition) is 3. The highest BCUT2D eigenvalue weighted by Gasteiger charge is 2.30. The van der Waals surface area contributed by atoms with Gasteiger partial charge in [0.1, 0.15) is 19.3 Å². The van der Waals surface area contributed by atoms with Crippen LogP contribution < -0.4 is 0 Å². The Morgan fingerprint density at radius 1 is 0.312 bits per heavy atom. The third kappa shape index (κ3) is 67.8. The van der Waals surface area contributed by atoms with E-state index < -0.39 is 97.5 Å². The molecule has 0 aliphatic rings. The number of aliphatic hydroxyl groups excluding tert-OH is 1. The number of rotatable bonds is 67. The van der Waals surface area contributed by atoms with Gasteiger partial charge in [-0.25, -0.2) is 9.13 Å². The summed E-state index contributed by atoms with van der Waals surface area (Å²) in [7, 11) is -10.0. The Morgan fingerprint density at radius 3 is 0.958 bits per heavy atom. The Morgan fingerprint density at radius 2 is 0.594 bits per heavy atom. The molecule has 0 amide bonds. The first kappa shape index (κ1) is 91.2. The number of hydrogen-bond acceptors (Lipinski definition) is 15. The van der Waals surface area contributed by atoms with Crippen molar-refractivity contribution in [2.45, 2.75) is 290 Å². The Labute approximate surface area is 580 Å². The van der Waals surface area contributed by atoms with Gasteiger partial charge in [0.15, 0.2) is 12.2 Å². The number of phosphoric ester groups is 2. The summed E-state index contributed by atoms with van der Waals surface area (Å²) in [6.45, 7) is 4.37. The lowest BCUT2D eigenvalue weighted by Crippen LogP contribution is -2.30. The van der Waals surface area contributed by atoms with Gasteiger partial charge in [-0.1, -0.05) is 277 Å². The number of unbranched alkanes of at least 4 members (excludes halogenated alkanes) is 21. The van der Waals surface area contributed by atoms with Crippen LogP contribution in [0.4, 0.5) is 0 Å². The van der Waals surface area contributed by atoms with Gasteiger partial charge in [0.05, 0.1) is 39.3 Å². The molecule has 5 atom stereocenters. The number of esters is 4. The first-order valence-corrected chi connectivity index (χ1v) is 39.4. The second-order valence-electron chi connectivity index (χ2n) is 23.8. The number of ether oxygens (including phenoxy) is 4. The molecule has 548 valence electrons. The zero-order valence-corrected chi connectivity index (χ0v) is 61.3. The van der Waals surface area contributed by atoms with Crippen molar-refractivity contribution >= 4 is 39.5 Å². The Hall–Kier alpha value is -4.80. The first-order valence-electron chi connectivity index (χ1n) is 36.4. The molecule has 5 unspecified atom stereocenters. The summed E-state index contributed by atoms with van der Waals surface area (Å²) >= 11 is 0. The van der Waals surface area contributed by atoms with Crippen molar-refractivity contribution in [3.63, 3.8) is 0 Å². The summed E-state index contributed by atoms with van der Waals surface area (Å²) in [5.74, 6) is -2.49. The maximum atomic E-state index is 13.0. The molecule has 0 spiro atoms. The van der Waals surface area contributed by atoms with Crippen LogP contribution in [0.1, 0.15) is 272 Å². The lowest BCUT2D eigenvalue weighted by molar-refractivity contribution is -0.161. The summed E-state index contributed by atoms with van der Waals surface area (Å²) in [6, 6.07) is 0. The minimum absolute atomic E-state index is 0.0891. The van der Waals surface area contributed by atoms with E-state index in [1.807, 2.05) is 30.4 Å². The van der Waals surface area contributed by atoms with E-state index >= 15 is 0 Å². The van der Waals surface area contributed by atoms with Gasteiger partial charge in [-0.2, -0.15) is 0 Å². The molecule has 0 aromatic rings. The third-order valence-corrected chi connectivity index (χ3v) is 16.6. The van der Waals surface area contributed by atoms with Crippen LogP contribution in [0.2, 0.25) is 0 Å². The lowest BCUT2D eigenvalue weighted by Gasteiger charge is -2.21. The molecule has 0 aromatic carbocycles. The molecule has 0 fully saturated rings. The second kappa shape index (κ2) is 68.7. The van der Waals surface area contributed by atoms with Crippen molar-refractivity contribution in [3.05, 3.63) is 134 Å². The number of carbonyl (C=O) groups excluding carboxylic acids is 4. The van der Waals surface area contributed by atoms with Crippen molar-refractivity contribution < 1.29 is 80.2 Å². The van der Waals surface area contributed by atoms with Gasteiger partial charge < -0.3 is 33.8 Å². The summed E-state index contributed by atoms with van der Waals surface area (Å²) in [6.07, 6.45) is 75.3. The molecule has 0 saturated carbocycles. The van der Waals surface area contributed by atoms with Crippen LogP contribution in [0, 0.1) is 0 Å². The quantitative estimate of drug-likeness (QED) is 0.0169. The molecule has 96 heavy (non-hydrogen) atoms. The Kier molecular flexibility index (Phi) is 65.3. The molecule has 0 aliphatic heterocycles. The first-order chi connectivity index (χ1) is 46.7. The van der Waals surface area contributed by atoms with E-state index in [-0.39, 0.29) is 25.7 Å². The topological polar surface area (TPSA) is 237 Å². The fraction of sp³-hybridized carbons (Fsp3) is 0.662. The number of carbonyl (C=O) groups is 4. The third-order valence-electron chi connectivity index (χ3n) is 14.7. The van der Waals surface area contributed by atoms with Crippen LogP contribution in [0.25, 0.3) is 0 Å². The number of allylic oxidation sites excluding steroid dienone is 20. The molecule has 19 heteroatoms. The van der Waals surface area contributed by atoms with Gasteiger partial charge in [0, 0.05) is 12.8 Å². The maximum Gasteiger partial charge on any atom is 0.472 e. The van der Waals surface area contributed by atoms with Crippen LogP contribution in [0.5, 0.6) is 0 Å². The average Bonchev–Trinajstić information content (AvgIpc) is 1.09. The standard InChI is InChI=1S/C77H128O17P2/c1-5-9-13-17-21-25-29-32-35-38-42-45-49-53-57-61-74(79)87-67-72(93-76(81)63-59-55-51-47-41-28-24-20-16-12-8-4)69-91-95(83,84)89-65-71(78)66-90-96(85,86)92-70-73(94-77(82)64-60-56-52-48-44-40-37-34-31-27-23-19-15-11-7-3)68-88-75(80)62-58-54-50-46-43-39-36-33-30-26-22-18-14-10-6-2/h10-11,14-15,22-23,26-27,32-37,43-44,46,48,54,56,58,60,71-73,78H,5-9,12-13,16-21,24-25,28-31,38-42,45,47,49-53,55,57,59,61-70H2,1-4H3,(H,83,84)(H,85,86)/b14-10-,15-11-,26-22-,27-23-,35-32-,36-33-,37-34-,46-43-,48-44-,58-54-,60-56-. The predicted octanol–water partition coefficient (Wildman–Crippen LogP) is 20.5. The highest BCUT2D eigenvalue weighted by atomic mass is 31.2. The zero-order chi connectivity index (χ0) is 70.4. The van der Waals surface area contributed by atoms with Gasteiger partial charge in [0.25, 0.3) is 0 Å². The minimum atomic E-state index is -5.02. The van der Waals surface area contributed by atoms with Crippen LogP contribution >= 0.6 is 15.6 Å². The van der Waals surface area contributed by atoms with Gasteiger partial charge in [-0.15, -0.1) is 0 Å². The molecule has 0 bridgehead atoms. The minimum Gasteiger partial charge on any atom is -0.462 e. The molecule has 0 aliphatic carbocycles. The summed E-state index contributed by atoms with van der Waals surface area (Å²) in [5, 5.41) is 10.6. The van der Waals surface area contributed by atoms with E-state index in [1.165, 1.54) is 77.0 Å². The fourth-order valence-corrected chi connectivity index (χ4v) is 10.8. The molecule has 0 radical (unpaired) electrons. The van der Waals surface area contributed by atoms with Crippen LogP contribution in [-0.2, 0) is 65.4 Å². The maximum absolute atomic E-state index is 13.0. The van der Waals surface area contributed by atoms with Crippen LogP contribution in [0.3, 0.4) is 0 Å². The zero-order valence-electron chi connectivity index (χ0n) is 59.5.